The summed E-state index contributed by atoms with van der Waals surface area (Å²) in [7, 11) is 0. The van der Waals surface area contributed by atoms with Crippen LogP contribution in [0, 0.1) is 11.8 Å². The average Bonchev–Trinajstić information content (AvgIpc) is 2.81. The van der Waals surface area contributed by atoms with Gasteiger partial charge in [0.2, 0.25) is 0 Å². The third-order valence-electron chi connectivity index (χ3n) is 3.32. The van der Waals surface area contributed by atoms with E-state index in [0.29, 0.717) is 12.1 Å². The van der Waals surface area contributed by atoms with Crippen molar-refractivity contribution in [2.45, 2.75) is 51.6 Å². The summed E-state index contributed by atoms with van der Waals surface area (Å²) in [6.07, 6.45) is 5.57. The highest BCUT2D eigenvalue weighted by Crippen LogP contribution is 2.49. The Labute approximate surface area is 91.8 Å². The van der Waals surface area contributed by atoms with Gasteiger partial charge in [-0.05, 0) is 50.7 Å². The van der Waals surface area contributed by atoms with Gasteiger partial charge in [0.1, 0.15) is 0 Å². The number of nitrogens with one attached hydrogen (secondary N) is 2. The van der Waals surface area contributed by atoms with E-state index in [1.807, 2.05) is 0 Å². The highest BCUT2D eigenvalue weighted by molar-refractivity contribution is 7.80. The van der Waals surface area contributed by atoms with Crippen molar-refractivity contribution in [1.29, 1.82) is 0 Å². The highest BCUT2D eigenvalue weighted by atomic mass is 32.1. The van der Waals surface area contributed by atoms with Crippen LogP contribution in [0.5, 0.6) is 0 Å². The minimum Gasteiger partial charge on any atom is -0.361 e. The molecule has 0 aliphatic heterocycles. The molecule has 0 spiro atoms. The molecule has 0 saturated heterocycles. The lowest BCUT2D eigenvalue weighted by molar-refractivity contribution is 0.389. The Morgan fingerprint density at radius 3 is 2.86 bits per heavy atom. The first kappa shape index (κ1) is 10.2. The van der Waals surface area contributed by atoms with Crippen molar-refractivity contribution in [3.8, 4) is 0 Å². The average molecular weight is 212 g/mol. The molecule has 2 nitrogen and oxygen atoms in total. The molecule has 2 N–H and O–H groups in total. The minimum atomic E-state index is 0.439. The maximum atomic E-state index is 5.26. The van der Waals surface area contributed by atoms with Crippen LogP contribution in [0.1, 0.15) is 39.5 Å². The van der Waals surface area contributed by atoms with Crippen LogP contribution in [0.4, 0.5) is 0 Å². The molecule has 0 radical (unpaired) electrons. The largest absolute Gasteiger partial charge is 0.361 e. The van der Waals surface area contributed by atoms with Crippen LogP contribution in [0.2, 0.25) is 0 Å². The second-order valence-electron chi connectivity index (χ2n) is 4.97. The summed E-state index contributed by atoms with van der Waals surface area (Å²) >= 11 is 5.26. The number of thiocarbonyl (C=S) groups is 1. The molecule has 0 bridgehead atoms. The summed E-state index contributed by atoms with van der Waals surface area (Å²) in [5, 5.41) is 7.56. The zero-order chi connectivity index (χ0) is 10.1. The van der Waals surface area contributed by atoms with E-state index in [0.717, 1.165) is 16.9 Å². The van der Waals surface area contributed by atoms with Crippen molar-refractivity contribution >= 4 is 17.3 Å². The topological polar surface area (TPSA) is 24.1 Å². The monoisotopic (exact) mass is 212 g/mol. The van der Waals surface area contributed by atoms with E-state index in [2.05, 4.69) is 24.5 Å². The maximum absolute atomic E-state index is 5.26. The second kappa shape index (κ2) is 4.05. The lowest BCUT2D eigenvalue weighted by atomic mass is 9.96. The quantitative estimate of drug-likeness (QED) is 0.685. The summed E-state index contributed by atoms with van der Waals surface area (Å²) in [5.41, 5.74) is 0. The molecule has 0 aromatic heterocycles. The van der Waals surface area contributed by atoms with E-state index in [-0.39, 0.29) is 0 Å². The van der Waals surface area contributed by atoms with Gasteiger partial charge in [-0.25, -0.2) is 0 Å². The SMILES string of the molecule is CC(C)NC(=S)NC1CCCC2CC21. The van der Waals surface area contributed by atoms with Gasteiger partial charge in [0.25, 0.3) is 0 Å². The Morgan fingerprint density at radius 2 is 2.14 bits per heavy atom. The number of hydrogen-bond donors (Lipinski definition) is 2. The van der Waals surface area contributed by atoms with E-state index in [9.17, 15) is 0 Å². The van der Waals surface area contributed by atoms with Gasteiger partial charge in [-0.3, -0.25) is 0 Å². The number of hydrogen-bond acceptors (Lipinski definition) is 1. The van der Waals surface area contributed by atoms with Gasteiger partial charge in [0, 0.05) is 12.1 Å². The summed E-state index contributed by atoms with van der Waals surface area (Å²) < 4.78 is 0. The molecule has 2 aliphatic rings. The summed E-state index contributed by atoms with van der Waals surface area (Å²) in [6, 6.07) is 1.10. The molecular formula is C11H20N2S. The molecule has 3 unspecified atom stereocenters. The normalized spacial score (nSPS) is 34.9. The van der Waals surface area contributed by atoms with Crippen LogP contribution >= 0.6 is 12.2 Å². The summed E-state index contributed by atoms with van der Waals surface area (Å²) in [4.78, 5) is 0. The molecule has 0 amide bonds. The van der Waals surface area contributed by atoms with Crippen LogP contribution in [-0.2, 0) is 0 Å². The predicted octanol–water partition coefficient (Wildman–Crippen LogP) is 2.05. The van der Waals surface area contributed by atoms with E-state index in [4.69, 9.17) is 12.2 Å². The fourth-order valence-corrected chi connectivity index (χ4v) is 2.95. The first-order valence-electron chi connectivity index (χ1n) is 5.74. The van der Waals surface area contributed by atoms with Crippen molar-refractivity contribution in [3.05, 3.63) is 0 Å². The third kappa shape index (κ3) is 2.38. The highest BCUT2D eigenvalue weighted by Gasteiger charge is 2.45. The molecule has 2 saturated carbocycles. The number of rotatable bonds is 2. The molecule has 2 rings (SSSR count). The van der Waals surface area contributed by atoms with Crippen LogP contribution in [0.3, 0.4) is 0 Å². The van der Waals surface area contributed by atoms with Gasteiger partial charge in [-0.2, -0.15) is 0 Å². The van der Waals surface area contributed by atoms with Gasteiger partial charge in [-0.1, -0.05) is 12.8 Å². The fourth-order valence-electron chi connectivity index (χ4n) is 2.56. The van der Waals surface area contributed by atoms with Crippen LogP contribution < -0.4 is 10.6 Å². The zero-order valence-corrected chi connectivity index (χ0v) is 9.86. The second-order valence-corrected chi connectivity index (χ2v) is 5.38. The van der Waals surface area contributed by atoms with Crippen molar-refractivity contribution in [3.63, 3.8) is 0 Å². The molecular weight excluding hydrogens is 192 g/mol. The Hall–Kier alpha value is -0.310. The van der Waals surface area contributed by atoms with Gasteiger partial charge >= 0.3 is 0 Å². The molecule has 3 heteroatoms. The Bertz CT molecular complexity index is 227. The van der Waals surface area contributed by atoms with Gasteiger partial charge in [0.05, 0.1) is 0 Å². The molecule has 0 aromatic carbocycles. The first-order valence-corrected chi connectivity index (χ1v) is 6.14. The maximum Gasteiger partial charge on any atom is 0.166 e. The Morgan fingerprint density at radius 1 is 1.36 bits per heavy atom. The summed E-state index contributed by atoms with van der Waals surface area (Å²) in [6.45, 7) is 4.24. The van der Waals surface area contributed by atoms with Crippen molar-refractivity contribution in [2.24, 2.45) is 11.8 Å². The van der Waals surface area contributed by atoms with Crippen molar-refractivity contribution < 1.29 is 0 Å². The molecule has 0 aromatic rings. The molecule has 2 fully saturated rings. The Balaban J connectivity index is 1.76. The first-order chi connectivity index (χ1) is 6.66. The van der Waals surface area contributed by atoms with Gasteiger partial charge < -0.3 is 10.6 Å². The van der Waals surface area contributed by atoms with E-state index < -0.39 is 0 Å². The van der Waals surface area contributed by atoms with Gasteiger partial charge in [0.15, 0.2) is 5.11 Å². The number of fused-ring (bicyclic) bond motifs is 1. The zero-order valence-electron chi connectivity index (χ0n) is 9.05. The minimum absolute atomic E-state index is 0.439. The molecule has 3 atom stereocenters. The lowest BCUT2D eigenvalue weighted by Crippen LogP contribution is -2.46. The molecule has 0 heterocycles. The van der Waals surface area contributed by atoms with Crippen LogP contribution in [0.15, 0.2) is 0 Å². The van der Waals surface area contributed by atoms with Gasteiger partial charge in [-0.15, -0.1) is 0 Å². The standard InChI is InChI=1S/C11H20N2S/c1-7(2)12-11(14)13-10-5-3-4-8-6-9(8)10/h7-10H,3-6H2,1-2H3,(H2,12,13,14). The molecule has 14 heavy (non-hydrogen) atoms. The molecule has 2 aliphatic carbocycles. The smallest absolute Gasteiger partial charge is 0.166 e. The van der Waals surface area contributed by atoms with E-state index in [1.165, 1.54) is 25.7 Å². The van der Waals surface area contributed by atoms with Crippen molar-refractivity contribution in [2.75, 3.05) is 0 Å². The lowest BCUT2D eigenvalue weighted by Gasteiger charge is -2.25. The van der Waals surface area contributed by atoms with Crippen LogP contribution in [0.25, 0.3) is 0 Å². The van der Waals surface area contributed by atoms with Crippen LogP contribution in [-0.4, -0.2) is 17.2 Å². The third-order valence-corrected chi connectivity index (χ3v) is 3.56. The van der Waals surface area contributed by atoms with E-state index >= 15 is 0 Å². The molecule has 80 valence electrons. The van der Waals surface area contributed by atoms with E-state index in [1.54, 1.807) is 0 Å². The summed E-state index contributed by atoms with van der Waals surface area (Å²) in [5.74, 6) is 1.94. The fraction of sp³-hybridized carbons (Fsp3) is 0.909. The Kier molecular flexibility index (Phi) is 2.96. The predicted molar refractivity (Wildman–Crippen MR) is 63.2 cm³/mol. The van der Waals surface area contributed by atoms with Crippen molar-refractivity contribution in [1.82, 2.24) is 10.6 Å².